The Morgan fingerprint density at radius 3 is 2.57 bits per heavy atom. The van der Waals surface area contributed by atoms with Crippen molar-refractivity contribution in [1.29, 1.82) is 0 Å². The van der Waals surface area contributed by atoms with Crippen molar-refractivity contribution in [2.45, 2.75) is 49.8 Å². The predicted molar refractivity (Wildman–Crippen MR) is 177 cm³/mol. The van der Waals surface area contributed by atoms with Crippen LogP contribution in [0.25, 0.3) is 43.5 Å². The molecule has 5 atom stereocenters. The summed E-state index contributed by atoms with van der Waals surface area (Å²) >= 11 is 0. The second-order valence-electron chi connectivity index (χ2n) is 12.4. The van der Waals surface area contributed by atoms with E-state index in [0.717, 1.165) is 17.4 Å². The number of hydrogen-bond acceptors (Lipinski definition) is 9. The number of carbonyl (C=O) groups excluding carboxylic acids is 1. The predicted octanol–water partition coefficient (Wildman–Crippen LogP) is 5.69. The number of rotatable bonds is 6. The van der Waals surface area contributed by atoms with E-state index in [0.29, 0.717) is 35.4 Å². The van der Waals surface area contributed by atoms with Crippen LogP contribution in [-0.2, 0) is 15.9 Å². The molecule has 0 bridgehead atoms. The summed E-state index contributed by atoms with van der Waals surface area (Å²) in [6, 6.07) is 26.0. The Balaban J connectivity index is 1.18. The molecule has 10 heteroatoms. The maximum absolute atomic E-state index is 13.5. The summed E-state index contributed by atoms with van der Waals surface area (Å²) in [5, 5.41) is 30.7. The number of nitrogens with zero attached hydrogens (tertiary/aromatic N) is 4. The van der Waals surface area contributed by atoms with Crippen LogP contribution >= 0.6 is 0 Å². The average Bonchev–Trinajstić information content (AvgIpc) is 3.71. The van der Waals surface area contributed by atoms with Gasteiger partial charge < -0.3 is 25.0 Å². The van der Waals surface area contributed by atoms with Crippen LogP contribution in [0.3, 0.4) is 0 Å². The summed E-state index contributed by atoms with van der Waals surface area (Å²) in [6.07, 6.45) is 2.26. The first-order chi connectivity index (χ1) is 23.1. The van der Waals surface area contributed by atoms with Gasteiger partial charge in [-0.05, 0) is 68.4 Å². The van der Waals surface area contributed by atoms with Gasteiger partial charge >= 0.3 is 5.97 Å². The normalized spacial score (nSPS) is 22.7. The van der Waals surface area contributed by atoms with Crippen molar-refractivity contribution in [1.82, 2.24) is 19.5 Å². The van der Waals surface area contributed by atoms with Crippen molar-refractivity contribution in [3.8, 4) is 0 Å². The molecule has 0 saturated carbocycles. The molecule has 2 aromatic heterocycles. The number of imidazole rings is 1. The Labute approximate surface area is 268 Å². The summed E-state index contributed by atoms with van der Waals surface area (Å²) in [5.74, 6) is 0.117. The topological polar surface area (TPSA) is 132 Å². The van der Waals surface area contributed by atoms with Gasteiger partial charge in [0.25, 0.3) is 0 Å². The molecule has 0 spiro atoms. The molecule has 10 nitrogen and oxygen atoms in total. The monoisotopic (exact) mass is 625 g/mol. The van der Waals surface area contributed by atoms with Crippen LogP contribution < -0.4 is 5.32 Å². The van der Waals surface area contributed by atoms with Crippen molar-refractivity contribution in [2.75, 3.05) is 11.9 Å². The van der Waals surface area contributed by atoms with Gasteiger partial charge in [-0.3, -0.25) is 4.57 Å². The van der Waals surface area contributed by atoms with Crippen LogP contribution in [-0.4, -0.2) is 60.6 Å². The summed E-state index contributed by atoms with van der Waals surface area (Å²) < 4.78 is 14.0. The Morgan fingerprint density at radius 2 is 1.77 bits per heavy atom. The zero-order chi connectivity index (χ0) is 31.6. The number of benzene rings is 5. The van der Waals surface area contributed by atoms with Crippen LogP contribution in [0.1, 0.15) is 46.6 Å². The molecule has 0 unspecified atom stereocenters. The minimum atomic E-state index is -0.794. The number of fused-ring (bicyclic) bond motifs is 3. The number of aromatic nitrogens is 4. The quantitative estimate of drug-likeness (QED) is 0.158. The zero-order valence-electron chi connectivity index (χ0n) is 25.3. The van der Waals surface area contributed by atoms with Gasteiger partial charge in [-0.25, -0.2) is 19.7 Å². The number of ether oxygens (including phenoxy) is 2. The van der Waals surface area contributed by atoms with Crippen molar-refractivity contribution in [2.24, 2.45) is 0 Å². The van der Waals surface area contributed by atoms with E-state index in [1.165, 1.54) is 38.8 Å². The van der Waals surface area contributed by atoms with E-state index >= 15 is 0 Å². The first-order valence-electron chi connectivity index (χ1n) is 15.9. The fraction of sp³-hybridized carbons (Fsp3) is 0.243. The highest BCUT2D eigenvalue weighted by Gasteiger charge is 2.37. The molecule has 1 aliphatic heterocycles. The fourth-order valence-corrected chi connectivity index (χ4v) is 7.55. The zero-order valence-corrected chi connectivity index (χ0v) is 25.3. The van der Waals surface area contributed by atoms with Gasteiger partial charge in [-0.1, -0.05) is 66.7 Å². The standard InChI is InChI=1S/C37H31N5O5/c43-17-28-26(44)16-29(46-28)42-19-40-34-35(38-18-39-36(34)42)41-33-27(47-37(45)22-5-2-1-3-6-22)14-12-24-15-23-10-9-20-7-4-8-21-11-13-25(32(24)33)31(23)30(20)21/h1-11,13,15,18-19,26-29,33,43-44H,12,14,16-17H2,(H,38,39,41)/t26-,27+,28+,29+,33-/m0/s1. The van der Waals surface area contributed by atoms with E-state index in [1.54, 1.807) is 23.0 Å². The number of aliphatic hydroxyl groups is 2. The molecule has 1 fully saturated rings. The molecule has 2 aliphatic rings. The fourth-order valence-electron chi connectivity index (χ4n) is 7.55. The molecule has 5 aromatic carbocycles. The number of carbonyl (C=O) groups is 1. The van der Waals surface area contributed by atoms with E-state index < -0.39 is 30.6 Å². The van der Waals surface area contributed by atoms with Gasteiger partial charge in [0.15, 0.2) is 17.0 Å². The molecular weight excluding hydrogens is 594 g/mol. The third kappa shape index (κ3) is 4.51. The lowest BCUT2D eigenvalue weighted by Gasteiger charge is -2.35. The summed E-state index contributed by atoms with van der Waals surface area (Å²) in [7, 11) is 0. The minimum Gasteiger partial charge on any atom is -0.456 e. The van der Waals surface area contributed by atoms with Crippen LogP contribution in [0.4, 0.5) is 5.82 Å². The number of anilines is 1. The third-order valence-corrected chi connectivity index (χ3v) is 9.77. The van der Waals surface area contributed by atoms with E-state index in [2.05, 4.69) is 68.8 Å². The molecule has 7 aromatic rings. The first kappa shape index (κ1) is 28.1. The summed E-state index contributed by atoms with van der Waals surface area (Å²) in [6.45, 7) is -0.279. The van der Waals surface area contributed by atoms with Crippen LogP contribution in [0.5, 0.6) is 0 Å². The van der Waals surface area contributed by atoms with Crippen LogP contribution in [0, 0.1) is 0 Å². The highest BCUT2D eigenvalue weighted by molar-refractivity contribution is 6.24. The highest BCUT2D eigenvalue weighted by atomic mass is 16.5. The second-order valence-corrected chi connectivity index (χ2v) is 12.4. The molecule has 234 valence electrons. The van der Waals surface area contributed by atoms with Crippen molar-refractivity contribution in [3.05, 3.63) is 108 Å². The lowest BCUT2D eigenvalue weighted by atomic mass is 9.79. The molecule has 1 saturated heterocycles. The van der Waals surface area contributed by atoms with Gasteiger partial charge in [0.1, 0.15) is 24.8 Å². The molecule has 3 N–H and O–H groups in total. The summed E-state index contributed by atoms with van der Waals surface area (Å²) in [5.41, 5.74) is 3.82. The molecule has 3 heterocycles. The Morgan fingerprint density at radius 1 is 0.957 bits per heavy atom. The lowest BCUT2D eigenvalue weighted by Crippen LogP contribution is -2.35. The van der Waals surface area contributed by atoms with E-state index in [1.807, 2.05) is 18.2 Å². The van der Waals surface area contributed by atoms with Gasteiger partial charge in [-0.2, -0.15) is 0 Å². The molecule has 9 rings (SSSR count). The largest absolute Gasteiger partial charge is 0.456 e. The Hall–Kier alpha value is -5.16. The maximum atomic E-state index is 13.5. The van der Waals surface area contributed by atoms with Crippen molar-refractivity contribution < 1.29 is 24.5 Å². The van der Waals surface area contributed by atoms with Gasteiger partial charge in [0.05, 0.1) is 30.6 Å². The molecule has 0 radical (unpaired) electrons. The van der Waals surface area contributed by atoms with E-state index in [4.69, 9.17) is 9.47 Å². The van der Waals surface area contributed by atoms with Crippen LogP contribution in [0.2, 0.25) is 0 Å². The lowest BCUT2D eigenvalue weighted by molar-refractivity contribution is -0.0432. The molecular formula is C37H31N5O5. The number of aryl methyl sites for hydroxylation is 1. The Kier molecular flexibility index (Phi) is 6.56. The van der Waals surface area contributed by atoms with Gasteiger partial charge in [0, 0.05) is 6.42 Å². The van der Waals surface area contributed by atoms with Crippen molar-refractivity contribution >= 4 is 55.3 Å². The summed E-state index contributed by atoms with van der Waals surface area (Å²) in [4.78, 5) is 27.3. The SMILES string of the molecule is O=C(O[C@@H]1CCc2cc3ccc4cccc5ccc(c2[C@H]1Nc1ncnc2c1ncn2[C@H]1C[C@H](O)[C@@H](CO)O1)c3c45)c1ccccc1. The first-order valence-corrected chi connectivity index (χ1v) is 15.9. The minimum absolute atomic E-state index is 0.279. The van der Waals surface area contributed by atoms with Crippen molar-refractivity contribution in [3.63, 3.8) is 0 Å². The van der Waals surface area contributed by atoms with E-state index in [-0.39, 0.29) is 12.6 Å². The average molecular weight is 626 g/mol. The Bertz CT molecular complexity index is 2270. The number of esters is 1. The van der Waals surface area contributed by atoms with Crippen LogP contribution in [0.15, 0.2) is 91.5 Å². The highest BCUT2D eigenvalue weighted by Crippen LogP contribution is 2.45. The van der Waals surface area contributed by atoms with E-state index in [9.17, 15) is 15.0 Å². The molecule has 47 heavy (non-hydrogen) atoms. The smallest absolute Gasteiger partial charge is 0.338 e. The number of aliphatic hydroxyl groups excluding tert-OH is 2. The second kappa shape index (κ2) is 11.0. The third-order valence-electron chi connectivity index (χ3n) is 9.77. The van der Waals surface area contributed by atoms with Gasteiger partial charge in [0.2, 0.25) is 0 Å². The number of hydrogen-bond donors (Lipinski definition) is 3. The number of nitrogens with one attached hydrogen (secondary N) is 1. The molecule has 0 amide bonds. The molecule has 1 aliphatic carbocycles. The van der Waals surface area contributed by atoms with Gasteiger partial charge in [-0.15, -0.1) is 0 Å². The maximum Gasteiger partial charge on any atom is 0.338 e.